The Balaban J connectivity index is 1.31. The number of halogens is 2. The minimum Gasteiger partial charge on any atom is -0.457 e. The van der Waals surface area contributed by atoms with Crippen molar-refractivity contribution in [1.29, 1.82) is 0 Å². The third-order valence-corrected chi connectivity index (χ3v) is 9.23. The lowest BCUT2D eigenvalue weighted by atomic mass is 9.61. The molecular formula is C39H24F2N2O2. The average Bonchev–Trinajstić information content (AvgIpc) is 3.40. The summed E-state index contributed by atoms with van der Waals surface area (Å²) in [5.41, 5.74) is 6.36. The molecule has 0 fully saturated rings. The van der Waals surface area contributed by atoms with Crippen LogP contribution in [-0.2, 0) is 12.0 Å². The number of para-hydroxylation sites is 3. The number of anilines is 4. The molecule has 3 aliphatic rings. The molecule has 0 bridgehead atoms. The summed E-state index contributed by atoms with van der Waals surface area (Å²) in [7, 11) is 0. The third-order valence-electron chi connectivity index (χ3n) is 9.23. The molecule has 9 rings (SSSR count). The Morgan fingerprint density at radius 1 is 0.578 bits per heavy atom. The number of amides is 1. The molecule has 0 unspecified atom stereocenters. The minimum absolute atomic E-state index is 0.0857. The first-order valence-corrected chi connectivity index (χ1v) is 14.8. The van der Waals surface area contributed by atoms with Gasteiger partial charge >= 0.3 is 0 Å². The molecule has 0 atom stereocenters. The smallest absolute Gasteiger partial charge is 0.259 e. The van der Waals surface area contributed by atoms with Crippen molar-refractivity contribution in [2.75, 3.05) is 9.80 Å². The minimum atomic E-state index is -1.08. The van der Waals surface area contributed by atoms with E-state index >= 15 is 8.78 Å². The van der Waals surface area contributed by atoms with E-state index in [2.05, 4.69) is 0 Å². The molecule has 0 saturated carbocycles. The van der Waals surface area contributed by atoms with E-state index in [1.54, 1.807) is 29.2 Å². The summed E-state index contributed by atoms with van der Waals surface area (Å²) >= 11 is 0. The molecular weight excluding hydrogens is 566 g/mol. The quantitative estimate of drug-likeness (QED) is 0.201. The number of benzene rings is 6. The van der Waals surface area contributed by atoms with Gasteiger partial charge in [-0.25, -0.2) is 8.78 Å². The van der Waals surface area contributed by atoms with Crippen molar-refractivity contribution in [3.05, 3.63) is 178 Å². The highest BCUT2D eigenvalue weighted by atomic mass is 19.1. The highest BCUT2D eigenvalue weighted by Gasteiger charge is 2.51. The van der Waals surface area contributed by atoms with E-state index in [-0.39, 0.29) is 5.91 Å². The lowest BCUT2D eigenvalue weighted by Gasteiger charge is -2.48. The second-order valence-electron chi connectivity index (χ2n) is 11.6. The predicted molar refractivity (Wildman–Crippen MR) is 170 cm³/mol. The molecule has 3 aliphatic heterocycles. The summed E-state index contributed by atoms with van der Waals surface area (Å²) in [6, 6.07) is 40.3. The fourth-order valence-electron chi connectivity index (χ4n) is 7.38. The van der Waals surface area contributed by atoms with Crippen molar-refractivity contribution < 1.29 is 18.3 Å². The van der Waals surface area contributed by atoms with Gasteiger partial charge in [-0.15, -0.1) is 0 Å². The summed E-state index contributed by atoms with van der Waals surface area (Å²) in [6.45, 7) is 0.471. The molecule has 0 saturated heterocycles. The summed E-state index contributed by atoms with van der Waals surface area (Å²) < 4.78 is 37.2. The van der Waals surface area contributed by atoms with Crippen LogP contribution >= 0.6 is 0 Å². The molecule has 0 radical (unpaired) electrons. The molecule has 6 heteroatoms. The van der Waals surface area contributed by atoms with Gasteiger partial charge in [0.25, 0.3) is 5.91 Å². The second kappa shape index (κ2) is 9.37. The first kappa shape index (κ1) is 25.7. The Kier molecular flexibility index (Phi) is 5.36. The van der Waals surface area contributed by atoms with E-state index in [9.17, 15) is 4.79 Å². The van der Waals surface area contributed by atoms with Crippen LogP contribution in [0.5, 0.6) is 11.5 Å². The maximum absolute atomic E-state index is 15.4. The molecule has 4 nitrogen and oxygen atoms in total. The molecule has 216 valence electrons. The lowest BCUT2D eigenvalue weighted by molar-refractivity contribution is 0.0996. The van der Waals surface area contributed by atoms with Crippen LogP contribution in [-0.4, -0.2) is 5.91 Å². The number of hydrogen-bond donors (Lipinski definition) is 0. The first-order valence-electron chi connectivity index (χ1n) is 14.8. The Morgan fingerprint density at radius 2 is 1.16 bits per heavy atom. The Bertz CT molecular complexity index is 2100. The third kappa shape index (κ3) is 3.53. The van der Waals surface area contributed by atoms with Gasteiger partial charge in [-0.3, -0.25) is 4.79 Å². The van der Waals surface area contributed by atoms with E-state index < -0.39 is 17.0 Å². The molecule has 6 aromatic rings. The van der Waals surface area contributed by atoms with Crippen LogP contribution in [0.25, 0.3) is 0 Å². The molecule has 3 heterocycles. The van der Waals surface area contributed by atoms with Crippen LogP contribution in [0, 0.1) is 11.6 Å². The molecule has 0 aromatic heterocycles. The zero-order valence-corrected chi connectivity index (χ0v) is 23.9. The van der Waals surface area contributed by atoms with Crippen LogP contribution in [0.4, 0.5) is 31.5 Å². The largest absolute Gasteiger partial charge is 0.457 e. The van der Waals surface area contributed by atoms with Gasteiger partial charge in [-0.2, -0.15) is 0 Å². The number of nitrogens with zero attached hydrogens (tertiary/aromatic N) is 2. The predicted octanol–water partition coefficient (Wildman–Crippen LogP) is 9.40. The Hall–Kier alpha value is -5.75. The van der Waals surface area contributed by atoms with Crippen LogP contribution in [0.3, 0.4) is 0 Å². The molecule has 45 heavy (non-hydrogen) atoms. The molecule has 0 N–H and O–H groups in total. The van der Waals surface area contributed by atoms with E-state index in [0.29, 0.717) is 34.7 Å². The maximum Gasteiger partial charge on any atom is 0.259 e. The number of ether oxygens (including phenoxy) is 1. The van der Waals surface area contributed by atoms with Gasteiger partial charge in [0, 0.05) is 28.1 Å². The number of rotatable bonds is 2. The molecule has 0 aliphatic carbocycles. The van der Waals surface area contributed by atoms with Crippen molar-refractivity contribution in [2.24, 2.45) is 0 Å². The zero-order valence-electron chi connectivity index (χ0n) is 23.9. The van der Waals surface area contributed by atoms with Gasteiger partial charge in [0.05, 0.1) is 23.3 Å². The highest BCUT2D eigenvalue weighted by Crippen LogP contribution is 2.62. The zero-order chi connectivity index (χ0) is 30.3. The fraction of sp³-hybridized carbons (Fsp3) is 0.0513. The monoisotopic (exact) mass is 590 g/mol. The molecule has 1 amide bonds. The van der Waals surface area contributed by atoms with Crippen LogP contribution in [0.2, 0.25) is 0 Å². The number of carbonyl (C=O) groups is 1. The number of fused-ring (bicyclic) bond motifs is 9. The van der Waals surface area contributed by atoms with E-state index in [0.717, 1.165) is 39.4 Å². The molecule has 6 aromatic carbocycles. The van der Waals surface area contributed by atoms with E-state index in [4.69, 9.17) is 4.74 Å². The van der Waals surface area contributed by atoms with Crippen LogP contribution < -0.4 is 14.5 Å². The summed E-state index contributed by atoms with van der Waals surface area (Å²) in [5, 5.41) is 0. The van der Waals surface area contributed by atoms with Crippen LogP contribution in [0.1, 0.15) is 38.2 Å². The van der Waals surface area contributed by atoms with E-state index in [1.165, 1.54) is 12.1 Å². The topological polar surface area (TPSA) is 32.8 Å². The Labute approximate surface area is 258 Å². The lowest BCUT2D eigenvalue weighted by Crippen LogP contribution is -2.40. The summed E-state index contributed by atoms with van der Waals surface area (Å²) in [6.07, 6.45) is 0. The van der Waals surface area contributed by atoms with Gasteiger partial charge in [-0.1, -0.05) is 60.7 Å². The van der Waals surface area contributed by atoms with Gasteiger partial charge in [0.2, 0.25) is 0 Å². The fourth-order valence-corrected chi connectivity index (χ4v) is 7.38. The second-order valence-corrected chi connectivity index (χ2v) is 11.6. The standard InChI is InChI=1S/C39H24F2N2O2/c40-25-15-18-34-32(20-25)39(30-10-4-6-12-36(30)45-37-13-7-5-11-31(37)39)33-21-26(41)16-19-35(33)43(34)28-17-14-24-23-42(38(44)29(24)22-28)27-8-2-1-3-9-27/h1-22H,23H2. The van der Waals surface area contributed by atoms with Crippen molar-refractivity contribution in [2.45, 2.75) is 12.0 Å². The summed E-state index contributed by atoms with van der Waals surface area (Å²) in [4.78, 5) is 17.5. The van der Waals surface area contributed by atoms with Gasteiger partial charge in [0.15, 0.2) is 0 Å². The molecule has 1 spiro atoms. The Morgan fingerprint density at radius 3 is 1.78 bits per heavy atom. The van der Waals surface area contributed by atoms with Crippen molar-refractivity contribution >= 4 is 28.7 Å². The van der Waals surface area contributed by atoms with Crippen molar-refractivity contribution in [3.8, 4) is 11.5 Å². The van der Waals surface area contributed by atoms with Crippen molar-refractivity contribution in [1.82, 2.24) is 0 Å². The van der Waals surface area contributed by atoms with Gasteiger partial charge < -0.3 is 14.5 Å². The average molecular weight is 591 g/mol. The normalized spacial score (nSPS) is 15.1. The van der Waals surface area contributed by atoms with Crippen molar-refractivity contribution in [3.63, 3.8) is 0 Å². The number of carbonyl (C=O) groups excluding carboxylic acids is 1. The maximum atomic E-state index is 15.4. The highest BCUT2D eigenvalue weighted by molar-refractivity contribution is 6.11. The first-order chi connectivity index (χ1) is 22.0. The number of hydrogen-bond acceptors (Lipinski definition) is 3. The van der Waals surface area contributed by atoms with Gasteiger partial charge in [-0.05, 0) is 89.5 Å². The van der Waals surface area contributed by atoms with Crippen LogP contribution in [0.15, 0.2) is 133 Å². The van der Waals surface area contributed by atoms with E-state index in [1.807, 2.05) is 102 Å². The SMILES string of the molecule is O=C1c2cc(N3c4ccc(F)cc4C4(c5ccccc5Oc5ccccc54)c4cc(F)ccc43)ccc2CN1c1ccccc1. The van der Waals surface area contributed by atoms with Gasteiger partial charge in [0.1, 0.15) is 23.1 Å². The summed E-state index contributed by atoms with van der Waals surface area (Å²) in [5.74, 6) is 0.352.